The Morgan fingerprint density at radius 3 is 2.75 bits per heavy atom. The molecule has 0 saturated carbocycles. The largest absolute Gasteiger partial charge is 0.483 e. The Morgan fingerprint density at radius 1 is 1.15 bits per heavy atom. The molecule has 0 atom stereocenters. The Balaban J connectivity index is 1.81. The van der Waals surface area contributed by atoms with Crippen LogP contribution in [0.25, 0.3) is 10.2 Å². The molecule has 3 aromatic rings. The van der Waals surface area contributed by atoms with Crippen molar-refractivity contribution in [3.63, 3.8) is 0 Å². The van der Waals surface area contributed by atoms with E-state index < -0.39 is 11.6 Å². The first-order chi connectivity index (χ1) is 9.63. The number of nitrogen functional groups attached to an aromatic ring is 1. The maximum absolute atomic E-state index is 13.5. The highest BCUT2D eigenvalue weighted by Gasteiger charge is 2.10. The minimum Gasteiger partial charge on any atom is -0.483 e. The van der Waals surface area contributed by atoms with Gasteiger partial charge in [0.25, 0.3) is 0 Å². The fourth-order valence-electron chi connectivity index (χ4n) is 1.78. The Labute approximate surface area is 117 Å². The van der Waals surface area contributed by atoms with Gasteiger partial charge in [-0.3, -0.25) is 0 Å². The van der Waals surface area contributed by atoms with Crippen LogP contribution in [0.2, 0.25) is 0 Å². The number of thiazole rings is 1. The van der Waals surface area contributed by atoms with Crippen LogP contribution in [0.5, 0.6) is 5.75 Å². The maximum Gasteiger partial charge on any atom is 0.167 e. The van der Waals surface area contributed by atoms with E-state index in [1.54, 1.807) is 0 Å². The van der Waals surface area contributed by atoms with Gasteiger partial charge in [-0.1, -0.05) is 12.1 Å². The summed E-state index contributed by atoms with van der Waals surface area (Å²) in [6.45, 7) is 0.0830. The number of aromatic nitrogens is 1. The number of rotatable bonds is 3. The normalized spacial score (nSPS) is 10.9. The Morgan fingerprint density at radius 2 is 1.95 bits per heavy atom. The molecule has 0 aliphatic carbocycles. The van der Waals surface area contributed by atoms with E-state index in [2.05, 4.69) is 4.98 Å². The number of nitrogens with two attached hydrogens (primary N) is 1. The summed E-state index contributed by atoms with van der Waals surface area (Å²) in [5, 5.41) is 0.697. The zero-order valence-electron chi connectivity index (χ0n) is 10.3. The van der Waals surface area contributed by atoms with Crippen molar-refractivity contribution in [3.05, 3.63) is 53.0 Å². The first kappa shape index (κ1) is 12.8. The summed E-state index contributed by atoms with van der Waals surface area (Å²) in [6.07, 6.45) is 0. The Kier molecular flexibility index (Phi) is 3.23. The fourth-order valence-corrected chi connectivity index (χ4v) is 2.66. The van der Waals surface area contributed by atoms with Gasteiger partial charge in [0, 0.05) is 12.1 Å². The average molecular weight is 292 g/mol. The van der Waals surface area contributed by atoms with Crippen molar-refractivity contribution in [1.82, 2.24) is 4.98 Å². The molecule has 2 aromatic carbocycles. The van der Waals surface area contributed by atoms with Gasteiger partial charge in [-0.15, -0.1) is 11.3 Å². The predicted octanol–water partition coefficient (Wildman–Crippen LogP) is 3.74. The zero-order valence-corrected chi connectivity index (χ0v) is 11.1. The minimum atomic E-state index is -0.703. The van der Waals surface area contributed by atoms with E-state index >= 15 is 0 Å². The molecular formula is C14H10F2N2OS. The third-order valence-electron chi connectivity index (χ3n) is 2.74. The number of nitrogens with zero attached hydrogens (tertiary/aromatic N) is 1. The Hall–Kier alpha value is -2.21. The second-order valence-corrected chi connectivity index (χ2v) is 5.28. The maximum atomic E-state index is 13.5. The van der Waals surface area contributed by atoms with E-state index in [-0.39, 0.29) is 18.0 Å². The molecule has 0 unspecified atom stereocenters. The van der Waals surface area contributed by atoms with Crippen molar-refractivity contribution >= 4 is 27.2 Å². The van der Waals surface area contributed by atoms with Gasteiger partial charge in [0.05, 0.1) is 15.9 Å². The zero-order chi connectivity index (χ0) is 14.1. The third kappa shape index (κ3) is 2.42. The molecule has 2 N–H and O–H groups in total. The SMILES string of the molecule is Nc1cc(F)c(OCc2nc3ccccc3s2)cc1F. The van der Waals surface area contributed by atoms with E-state index in [9.17, 15) is 8.78 Å². The summed E-state index contributed by atoms with van der Waals surface area (Å²) in [5.74, 6) is -1.56. The lowest BCUT2D eigenvalue weighted by Gasteiger charge is -2.06. The van der Waals surface area contributed by atoms with Crippen molar-refractivity contribution in [2.24, 2.45) is 0 Å². The number of hydrogen-bond acceptors (Lipinski definition) is 4. The van der Waals surface area contributed by atoms with Gasteiger partial charge in [-0.05, 0) is 12.1 Å². The van der Waals surface area contributed by atoms with Gasteiger partial charge in [-0.2, -0.15) is 0 Å². The van der Waals surface area contributed by atoms with Crippen LogP contribution in [0.1, 0.15) is 5.01 Å². The van der Waals surface area contributed by atoms with Crippen LogP contribution in [0.15, 0.2) is 36.4 Å². The lowest BCUT2D eigenvalue weighted by atomic mass is 10.3. The molecular weight excluding hydrogens is 282 g/mol. The highest BCUT2D eigenvalue weighted by molar-refractivity contribution is 7.18. The van der Waals surface area contributed by atoms with E-state index in [1.165, 1.54) is 11.3 Å². The summed E-state index contributed by atoms with van der Waals surface area (Å²) in [6, 6.07) is 9.49. The Bertz CT molecular complexity index is 740. The molecule has 0 aliphatic rings. The first-order valence-electron chi connectivity index (χ1n) is 5.85. The van der Waals surface area contributed by atoms with Crippen molar-refractivity contribution in [3.8, 4) is 5.75 Å². The van der Waals surface area contributed by atoms with Crippen LogP contribution in [-0.2, 0) is 6.61 Å². The first-order valence-corrected chi connectivity index (χ1v) is 6.67. The molecule has 0 radical (unpaired) electrons. The van der Waals surface area contributed by atoms with Crippen LogP contribution in [-0.4, -0.2) is 4.98 Å². The van der Waals surface area contributed by atoms with Crippen LogP contribution in [0, 0.1) is 11.6 Å². The monoisotopic (exact) mass is 292 g/mol. The lowest BCUT2D eigenvalue weighted by Crippen LogP contribution is -1.99. The molecule has 1 aromatic heterocycles. The molecule has 0 bridgehead atoms. The third-order valence-corrected chi connectivity index (χ3v) is 3.75. The van der Waals surface area contributed by atoms with Gasteiger partial charge in [0.2, 0.25) is 0 Å². The predicted molar refractivity (Wildman–Crippen MR) is 74.7 cm³/mol. The fraction of sp³-hybridized carbons (Fsp3) is 0.0714. The number of fused-ring (bicyclic) bond motifs is 1. The van der Waals surface area contributed by atoms with Crippen molar-refractivity contribution in [2.45, 2.75) is 6.61 Å². The van der Waals surface area contributed by atoms with Gasteiger partial charge < -0.3 is 10.5 Å². The summed E-state index contributed by atoms with van der Waals surface area (Å²) in [4.78, 5) is 4.35. The number of ether oxygens (including phenoxy) is 1. The molecule has 0 saturated heterocycles. The summed E-state index contributed by atoms with van der Waals surface area (Å²) in [7, 11) is 0. The van der Waals surface area contributed by atoms with Crippen LogP contribution in [0.4, 0.5) is 14.5 Å². The molecule has 3 nitrogen and oxygen atoms in total. The van der Waals surface area contributed by atoms with Gasteiger partial charge in [0.15, 0.2) is 11.6 Å². The quantitative estimate of drug-likeness (QED) is 0.748. The van der Waals surface area contributed by atoms with E-state index in [4.69, 9.17) is 10.5 Å². The number of benzene rings is 2. The molecule has 20 heavy (non-hydrogen) atoms. The molecule has 6 heteroatoms. The number of anilines is 1. The van der Waals surface area contributed by atoms with Crippen LogP contribution in [0.3, 0.4) is 0 Å². The molecule has 0 amide bonds. The molecule has 0 aliphatic heterocycles. The second kappa shape index (κ2) is 5.05. The minimum absolute atomic E-state index is 0.0830. The summed E-state index contributed by atoms with van der Waals surface area (Å²) >= 11 is 1.45. The molecule has 102 valence electrons. The second-order valence-electron chi connectivity index (χ2n) is 4.17. The van der Waals surface area contributed by atoms with Crippen molar-refractivity contribution < 1.29 is 13.5 Å². The number of para-hydroxylation sites is 1. The highest BCUT2D eigenvalue weighted by Crippen LogP contribution is 2.26. The summed E-state index contributed by atoms with van der Waals surface area (Å²) < 4.78 is 33.1. The topological polar surface area (TPSA) is 48.1 Å². The van der Waals surface area contributed by atoms with E-state index in [0.717, 1.165) is 22.3 Å². The standard InChI is InChI=1S/C14H10F2N2OS/c15-8-6-12(9(16)5-10(8)17)19-7-14-18-11-3-1-2-4-13(11)20-14/h1-6H,7,17H2. The van der Waals surface area contributed by atoms with Crippen molar-refractivity contribution in [1.29, 1.82) is 0 Å². The lowest BCUT2D eigenvalue weighted by molar-refractivity contribution is 0.288. The highest BCUT2D eigenvalue weighted by atomic mass is 32.1. The van der Waals surface area contributed by atoms with Gasteiger partial charge in [-0.25, -0.2) is 13.8 Å². The molecule has 1 heterocycles. The number of halogens is 2. The average Bonchev–Trinajstić information content (AvgIpc) is 2.84. The molecule has 3 rings (SSSR count). The van der Waals surface area contributed by atoms with Crippen molar-refractivity contribution in [2.75, 3.05) is 5.73 Å². The van der Waals surface area contributed by atoms with Gasteiger partial charge in [0.1, 0.15) is 17.4 Å². The smallest absolute Gasteiger partial charge is 0.167 e. The van der Waals surface area contributed by atoms with E-state index in [0.29, 0.717) is 5.01 Å². The van der Waals surface area contributed by atoms with Crippen LogP contribution >= 0.6 is 11.3 Å². The molecule has 0 fully saturated rings. The molecule has 0 spiro atoms. The van der Waals surface area contributed by atoms with Crippen LogP contribution < -0.4 is 10.5 Å². The van der Waals surface area contributed by atoms with Gasteiger partial charge >= 0.3 is 0 Å². The summed E-state index contributed by atoms with van der Waals surface area (Å²) in [5.41, 5.74) is 5.89. The number of hydrogen-bond donors (Lipinski definition) is 1. The van der Waals surface area contributed by atoms with E-state index in [1.807, 2.05) is 24.3 Å².